The van der Waals surface area contributed by atoms with E-state index in [0.29, 0.717) is 29.1 Å². The number of halogens is 3. The van der Waals surface area contributed by atoms with Crippen LogP contribution in [0.15, 0.2) is 66.7 Å². The Balaban J connectivity index is 1.67. The van der Waals surface area contributed by atoms with Crippen LogP contribution in [0.25, 0.3) is 16.6 Å². The van der Waals surface area contributed by atoms with Gasteiger partial charge in [-0.25, -0.2) is 4.68 Å². The highest BCUT2D eigenvalue weighted by molar-refractivity contribution is 5.82. The van der Waals surface area contributed by atoms with E-state index in [2.05, 4.69) is 5.10 Å². The molecule has 3 aromatic carbocycles. The van der Waals surface area contributed by atoms with Crippen molar-refractivity contribution in [3.63, 3.8) is 0 Å². The van der Waals surface area contributed by atoms with E-state index in [0.717, 1.165) is 28.6 Å². The van der Waals surface area contributed by atoms with Crippen LogP contribution in [0.2, 0.25) is 0 Å². The Morgan fingerprint density at radius 2 is 1.79 bits per heavy atom. The molecule has 0 aliphatic heterocycles. The Hall–Kier alpha value is -3.81. The van der Waals surface area contributed by atoms with E-state index in [1.807, 2.05) is 50.2 Å². The predicted molar refractivity (Wildman–Crippen MR) is 122 cm³/mol. The van der Waals surface area contributed by atoms with Gasteiger partial charge in [0.05, 0.1) is 22.5 Å². The summed E-state index contributed by atoms with van der Waals surface area (Å²) >= 11 is 0. The predicted octanol–water partition coefficient (Wildman–Crippen LogP) is 6.51. The van der Waals surface area contributed by atoms with Crippen molar-refractivity contribution in [1.29, 1.82) is 0 Å². The lowest BCUT2D eigenvalue weighted by Gasteiger charge is -2.18. The third kappa shape index (κ3) is 4.90. The summed E-state index contributed by atoms with van der Waals surface area (Å²) < 4.78 is 46.9. The van der Waals surface area contributed by atoms with Crippen LogP contribution >= 0.6 is 0 Å². The van der Waals surface area contributed by atoms with Crippen molar-refractivity contribution < 1.29 is 27.8 Å². The number of carboxylic acids is 1. The average molecular weight is 468 g/mol. The highest BCUT2D eigenvalue weighted by Crippen LogP contribution is 2.33. The average Bonchev–Trinajstić information content (AvgIpc) is 3.17. The van der Waals surface area contributed by atoms with Gasteiger partial charge in [-0.2, -0.15) is 18.3 Å². The number of nitrogens with zero attached hydrogens (tertiary/aromatic N) is 2. The molecule has 1 aromatic heterocycles. The number of aromatic nitrogens is 2. The fraction of sp³-hybridized carbons (Fsp3) is 0.231. The Bertz CT molecular complexity index is 1330. The minimum Gasteiger partial charge on any atom is -0.484 e. The van der Waals surface area contributed by atoms with Gasteiger partial charge in [-0.3, -0.25) is 4.79 Å². The van der Waals surface area contributed by atoms with Crippen LogP contribution in [-0.4, -0.2) is 20.9 Å². The van der Waals surface area contributed by atoms with Gasteiger partial charge in [0.15, 0.2) is 0 Å². The van der Waals surface area contributed by atoms with Gasteiger partial charge in [-0.1, -0.05) is 24.3 Å². The lowest BCUT2D eigenvalue weighted by Crippen LogP contribution is -2.12. The van der Waals surface area contributed by atoms with Crippen molar-refractivity contribution >= 4 is 16.9 Å². The van der Waals surface area contributed by atoms with E-state index in [1.165, 1.54) is 12.1 Å². The Morgan fingerprint density at radius 3 is 2.44 bits per heavy atom. The summed E-state index contributed by atoms with van der Waals surface area (Å²) in [6.45, 7) is 3.76. The normalized spacial score (nSPS) is 12.6. The molecule has 8 heteroatoms. The van der Waals surface area contributed by atoms with Crippen molar-refractivity contribution in [2.45, 2.75) is 39.0 Å². The van der Waals surface area contributed by atoms with Crippen LogP contribution in [-0.2, 0) is 17.4 Å². The smallest absolute Gasteiger partial charge is 0.416 e. The molecule has 1 atom stereocenters. The lowest BCUT2D eigenvalue weighted by molar-refractivity contribution is -0.138. The number of rotatable bonds is 7. The number of carboxylic acid groups (broad SMARTS) is 1. The Morgan fingerprint density at radius 1 is 1.09 bits per heavy atom. The van der Waals surface area contributed by atoms with Crippen LogP contribution in [0.5, 0.6) is 5.75 Å². The summed E-state index contributed by atoms with van der Waals surface area (Å²) in [5.41, 5.74) is 3.04. The summed E-state index contributed by atoms with van der Waals surface area (Å²) in [5.74, 6) is -0.245. The van der Waals surface area contributed by atoms with Gasteiger partial charge in [-0.15, -0.1) is 0 Å². The van der Waals surface area contributed by atoms with Crippen LogP contribution < -0.4 is 4.74 Å². The lowest BCUT2D eigenvalue weighted by atomic mass is 10.0. The maximum absolute atomic E-state index is 13.0. The summed E-state index contributed by atoms with van der Waals surface area (Å²) in [7, 11) is 0. The van der Waals surface area contributed by atoms with Crippen LogP contribution in [0, 0.1) is 6.92 Å². The maximum atomic E-state index is 13.0. The molecule has 1 heterocycles. The van der Waals surface area contributed by atoms with E-state index in [-0.39, 0.29) is 6.42 Å². The molecular weight excluding hydrogens is 445 g/mol. The third-order valence-corrected chi connectivity index (χ3v) is 5.68. The van der Waals surface area contributed by atoms with Gasteiger partial charge in [0, 0.05) is 11.8 Å². The molecule has 5 nitrogen and oxygen atoms in total. The van der Waals surface area contributed by atoms with Crippen molar-refractivity contribution in [3.8, 4) is 11.4 Å². The molecule has 176 valence electrons. The van der Waals surface area contributed by atoms with Crippen molar-refractivity contribution in [3.05, 3.63) is 89.1 Å². The van der Waals surface area contributed by atoms with Crippen LogP contribution in [0.1, 0.15) is 41.8 Å². The van der Waals surface area contributed by atoms with E-state index >= 15 is 0 Å². The molecule has 0 amide bonds. The minimum atomic E-state index is -4.42. The van der Waals surface area contributed by atoms with Crippen molar-refractivity contribution in [2.75, 3.05) is 0 Å². The van der Waals surface area contributed by atoms with Gasteiger partial charge in [0.1, 0.15) is 11.9 Å². The Labute approximate surface area is 194 Å². The number of ether oxygens (including phenoxy) is 1. The SMILES string of the molecule is Cc1cc(OC(C)c2c3ccccc3nn2-c2ccc(C(F)(F)F)cc2)ccc1CCC(=O)O. The Kier molecular flexibility index (Phi) is 6.32. The van der Waals surface area contributed by atoms with E-state index < -0.39 is 23.8 Å². The molecule has 4 rings (SSSR count). The molecule has 0 bridgehead atoms. The molecule has 0 saturated heterocycles. The largest absolute Gasteiger partial charge is 0.484 e. The first kappa shape index (κ1) is 23.4. The number of hydrogen-bond acceptors (Lipinski definition) is 3. The number of fused-ring (bicyclic) bond motifs is 1. The second-order valence-corrected chi connectivity index (χ2v) is 8.10. The van der Waals surface area contributed by atoms with Crippen LogP contribution in [0.3, 0.4) is 0 Å². The van der Waals surface area contributed by atoms with Gasteiger partial charge in [-0.05, 0) is 73.9 Å². The fourth-order valence-corrected chi connectivity index (χ4v) is 3.96. The molecule has 0 spiro atoms. The monoisotopic (exact) mass is 468 g/mol. The van der Waals surface area contributed by atoms with Gasteiger partial charge in [0.25, 0.3) is 0 Å². The molecule has 1 unspecified atom stereocenters. The second-order valence-electron chi connectivity index (χ2n) is 8.10. The topological polar surface area (TPSA) is 64.4 Å². The van der Waals surface area contributed by atoms with E-state index in [1.54, 1.807) is 10.7 Å². The summed E-state index contributed by atoms with van der Waals surface area (Å²) in [6, 6.07) is 17.8. The number of benzene rings is 3. The van der Waals surface area contributed by atoms with Crippen LogP contribution in [0.4, 0.5) is 13.2 Å². The van der Waals surface area contributed by atoms with Gasteiger partial charge < -0.3 is 9.84 Å². The van der Waals surface area contributed by atoms with Crippen molar-refractivity contribution in [1.82, 2.24) is 9.78 Å². The molecule has 1 N–H and O–H groups in total. The van der Waals surface area contributed by atoms with Gasteiger partial charge >= 0.3 is 12.1 Å². The number of alkyl halides is 3. The third-order valence-electron chi connectivity index (χ3n) is 5.68. The molecule has 0 saturated carbocycles. The molecule has 0 radical (unpaired) electrons. The first-order valence-corrected chi connectivity index (χ1v) is 10.8. The molecule has 4 aromatic rings. The van der Waals surface area contributed by atoms with Crippen molar-refractivity contribution in [2.24, 2.45) is 0 Å². The number of carbonyl (C=O) groups is 1. The molecule has 34 heavy (non-hydrogen) atoms. The first-order valence-electron chi connectivity index (χ1n) is 10.8. The summed E-state index contributed by atoms with van der Waals surface area (Å²) in [6.07, 6.45) is -4.40. The van der Waals surface area contributed by atoms with Gasteiger partial charge in [0.2, 0.25) is 0 Å². The highest BCUT2D eigenvalue weighted by Gasteiger charge is 2.30. The minimum absolute atomic E-state index is 0.0513. The zero-order valence-corrected chi connectivity index (χ0v) is 18.6. The zero-order chi connectivity index (χ0) is 24.5. The zero-order valence-electron chi connectivity index (χ0n) is 18.6. The summed E-state index contributed by atoms with van der Waals surface area (Å²) in [5, 5.41) is 14.4. The maximum Gasteiger partial charge on any atom is 0.416 e. The molecule has 0 aliphatic carbocycles. The number of hydrogen-bond donors (Lipinski definition) is 1. The van der Waals surface area contributed by atoms with E-state index in [4.69, 9.17) is 9.84 Å². The fourth-order valence-electron chi connectivity index (χ4n) is 3.96. The standard InChI is InChI=1S/C26H23F3N2O3/c1-16-15-21(13-7-18(16)8-14-24(32)33)34-17(2)25-22-5-3-4-6-23(22)30-31(25)20-11-9-19(10-12-20)26(27,28)29/h3-7,9-13,15,17H,8,14H2,1-2H3,(H,32,33). The first-order chi connectivity index (χ1) is 16.1. The highest BCUT2D eigenvalue weighted by atomic mass is 19.4. The molecule has 0 aliphatic rings. The quantitative estimate of drug-likeness (QED) is 0.336. The number of aliphatic carboxylic acids is 1. The molecule has 0 fully saturated rings. The molecular formula is C26H23F3N2O3. The number of aryl methyl sites for hydroxylation is 2. The second kappa shape index (κ2) is 9.21. The summed E-state index contributed by atoms with van der Waals surface area (Å²) in [4.78, 5) is 10.9. The van der Waals surface area contributed by atoms with E-state index in [9.17, 15) is 18.0 Å².